The van der Waals surface area contributed by atoms with Gasteiger partial charge in [-0.3, -0.25) is 4.98 Å². The topological polar surface area (TPSA) is 94.3 Å². The number of ether oxygens (including phenoxy) is 1. The number of aromatic nitrogens is 2. The van der Waals surface area contributed by atoms with Crippen molar-refractivity contribution in [2.75, 3.05) is 13.2 Å². The molecule has 7 nitrogen and oxygen atoms in total. The van der Waals surface area contributed by atoms with Gasteiger partial charge in [-0.1, -0.05) is 23.1 Å². The van der Waals surface area contributed by atoms with E-state index in [-0.39, 0.29) is 23.8 Å². The average molecular weight is 371 g/mol. The Hall–Kier alpha value is -2.89. The third-order valence-electron chi connectivity index (χ3n) is 3.60. The molecule has 0 atom stereocenters. The standard InChI is InChI=1S/C18H17N3O4S/c1-13-18(14(2)25-21-13)26(22,23)20-10-3-4-11-24-16-8-7-15-6-5-9-19-17(15)12-16/h5-9,12,20H,10-11H2,1-2H3. The van der Waals surface area contributed by atoms with E-state index in [1.165, 1.54) is 0 Å². The molecule has 0 amide bonds. The minimum Gasteiger partial charge on any atom is -0.481 e. The first-order valence-corrected chi connectivity index (χ1v) is 9.31. The van der Waals surface area contributed by atoms with Crippen LogP contribution in [0.5, 0.6) is 5.75 Å². The van der Waals surface area contributed by atoms with Gasteiger partial charge in [0.2, 0.25) is 10.0 Å². The molecule has 2 heterocycles. The van der Waals surface area contributed by atoms with Crippen molar-refractivity contribution >= 4 is 20.9 Å². The number of sulfonamides is 1. The number of hydrogen-bond donors (Lipinski definition) is 1. The second-order valence-electron chi connectivity index (χ2n) is 5.48. The Kier molecular flexibility index (Phi) is 5.21. The van der Waals surface area contributed by atoms with Crippen LogP contribution in [0.2, 0.25) is 0 Å². The lowest BCUT2D eigenvalue weighted by atomic mass is 10.2. The highest BCUT2D eigenvalue weighted by molar-refractivity contribution is 7.89. The number of pyridine rings is 1. The molecule has 2 aromatic heterocycles. The lowest BCUT2D eigenvalue weighted by Gasteiger charge is -2.03. The van der Waals surface area contributed by atoms with Crippen LogP contribution in [0.1, 0.15) is 11.5 Å². The summed E-state index contributed by atoms with van der Waals surface area (Å²) in [5.74, 6) is 6.39. The molecule has 26 heavy (non-hydrogen) atoms. The van der Waals surface area contributed by atoms with Gasteiger partial charge < -0.3 is 9.26 Å². The van der Waals surface area contributed by atoms with Gasteiger partial charge in [-0.2, -0.15) is 4.72 Å². The average Bonchev–Trinajstić information content (AvgIpc) is 2.97. The van der Waals surface area contributed by atoms with Gasteiger partial charge in [0.15, 0.2) is 5.76 Å². The fourth-order valence-electron chi connectivity index (χ4n) is 2.43. The molecule has 0 aliphatic heterocycles. The summed E-state index contributed by atoms with van der Waals surface area (Å²) in [5, 5.41) is 4.67. The van der Waals surface area contributed by atoms with Crippen LogP contribution in [0.3, 0.4) is 0 Å². The Morgan fingerprint density at radius 3 is 2.85 bits per heavy atom. The van der Waals surface area contributed by atoms with Crippen molar-refractivity contribution < 1.29 is 17.7 Å². The van der Waals surface area contributed by atoms with Crippen LogP contribution in [0, 0.1) is 25.7 Å². The predicted molar refractivity (Wildman–Crippen MR) is 96.2 cm³/mol. The summed E-state index contributed by atoms with van der Waals surface area (Å²) >= 11 is 0. The van der Waals surface area contributed by atoms with E-state index in [1.807, 2.05) is 30.3 Å². The molecule has 1 aromatic carbocycles. The highest BCUT2D eigenvalue weighted by Crippen LogP contribution is 2.19. The molecule has 0 saturated heterocycles. The molecule has 0 spiro atoms. The summed E-state index contributed by atoms with van der Waals surface area (Å²) in [7, 11) is -3.70. The number of rotatable bonds is 5. The molecule has 0 bridgehead atoms. The van der Waals surface area contributed by atoms with Gasteiger partial charge in [0.25, 0.3) is 0 Å². The highest BCUT2D eigenvalue weighted by atomic mass is 32.2. The smallest absolute Gasteiger partial charge is 0.246 e. The maximum absolute atomic E-state index is 12.2. The van der Waals surface area contributed by atoms with Crippen molar-refractivity contribution in [2.45, 2.75) is 18.7 Å². The van der Waals surface area contributed by atoms with Gasteiger partial charge >= 0.3 is 0 Å². The second-order valence-corrected chi connectivity index (χ2v) is 7.18. The fourth-order valence-corrected chi connectivity index (χ4v) is 3.68. The number of hydrogen-bond acceptors (Lipinski definition) is 6. The fraction of sp³-hybridized carbons (Fsp3) is 0.222. The maximum atomic E-state index is 12.2. The summed E-state index contributed by atoms with van der Waals surface area (Å²) in [6.07, 6.45) is 1.72. The largest absolute Gasteiger partial charge is 0.481 e. The number of fused-ring (bicyclic) bond motifs is 1. The summed E-state index contributed by atoms with van der Waals surface area (Å²) in [6, 6.07) is 9.43. The molecule has 0 aliphatic rings. The molecule has 0 saturated carbocycles. The van der Waals surface area contributed by atoms with Crippen LogP contribution in [0.15, 0.2) is 45.9 Å². The minimum atomic E-state index is -3.70. The van der Waals surface area contributed by atoms with E-state index in [2.05, 4.69) is 26.7 Å². The zero-order chi connectivity index (χ0) is 18.6. The molecular weight excluding hydrogens is 354 g/mol. The molecule has 0 unspecified atom stereocenters. The number of benzene rings is 1. The molecule has 0 radical (unpaired) electrons. The van der Waals surface area contributed by atoms with Gasteiger partial charge in [-0.15, -0.1) is 0 Å². The van der Waals surface area contributed by atoms with E-state index in [1.54, 1.807) is 20.0 Å². The van der Waals surface area contributed by atoms with Crippen molar-refractivity contribution in [3.8, 4) is 17.6 Å². The third kappa shape index (κ3) is 4.02. The van der Waals surface area contributed by atoms with Crippen molar-refractivity contribution in [3.05, 3.63) is 48.0 Å². The first-order chi connectivity index (χ1) is 12.5. The molecule has 1 N–H and O–H groups in total. The first-order valence-electron chi connectivity index (χ1n) is 7.83. The van der Waals surface area contributed by atoms with Crippen LogP contribution < -0.4 is 9.46 Å². The van der Waals surface area contributed by atoms with Gasteiger partial charge in [0.1, 0.15) is 22.9 Å². The Labute approximate surface area is 151 Å². The molecule has 3 rings (SSSR count). The van der Waals surface area contributed by atoms with Crippen molar-refractivity contribution in [3.63, 3.8) is 0 Å². The number of nitrogens with zero attached hydrogens (tertiary/aromatic N) is 2. The third-order valence-corrected chi connectivity index (χ3v) is 5.25. The molecule has 134 valence electrons. The van der Waals surface area contributed by atoms with E-state index >= 15 is 0 Å². The Morgan fingerprint density at radius 1 is 1.23 bits per heavy atom. The lowest BCUT2D eigenvalue weighted by molar-refractivity contribution is 0.370. The monoisotopic (exact) mass is 371 g/mol. The molecule has 0 aliphatic carbocycles. The summed E-state index contributed by atoms with van der Waals surface area (Å²) < 4.78 is 37.2. The molecular formula is C18H17N3O4S. The van der Waals surface area contributed by atoms with Gasteiger partial charge in [0.05, 0.1) is 12.1 Å². The Bertz CT molecular complexity index is 1070. The molecule has 8 heteroatoms. The van der Waals surface area contributed by atoms with E-state index in [9.17, 15) is 8.42 Å². The summed E-state index contributed by atoms with van der Waals surface area (Å²) in [4.78, 5) is 4.31. The highest BCUT2D eigenvalue weighted by Gasteiger charge is 2.23. The van der Waals surface area contributed by atoms with E-state index in [0.717, 1.165) is 10.9 Å². The van der Waals surface area contributed by atoms with Crippen LogP contribution in [0.25, 0.3) is 10.9 Å². The minimum absolute atomic E-state index is 0.0327. The molecule has 3 aromatic rings. The maximum Gasteiger partial charge on any atom is 0.246 e. The zero-order valence-corrected chi connectivity index (χ0v) is 15.1. The van der Waals surface area contributed by atoms with Crippen LogP contribution in [0.4, 0.5) is 0 Å². The van der Waals surface area contributed by atoms with Crippen LogP contribution in [-0.4, -0.2) is 31.7 Å². The van der Waals surface area contributed by atoms with Gasteiger partial charge in [-0.05, 0) is 32.0 Å². The van der Waals surface area contributed by atoms with Crippen molar-refractivity contribution in [1.82, 2.24) is 14.9 Å². The lowest BCUT2D eigenvalue weighted by Crippen LogP contribution is -2.25. The van der Waals surface area contributed by atoms with E-state index in [0.29, 0.717) is 11.4 Å². The van der Waals surface area contributed by atoms with Crippen LogP contribution in [-0.2, 0) is 10.0 Å². The van der Waals surface area contributed by atoms with E-state index in [4.69, 9.17) is 9.26 Å². The number of aryl methyl sites for hydroxylation is 2. The Morgan fingerprint density at radius 2 is 2.08 bits per heavy atom. The SMILES string of the molecule is Cc1noc(C)c1S(=O)(=O)NCC#CCOc1ccc2cccnc2c1. The van der Waals surface area contributed by atoms with E-state index < -0.39 is 10.0 Å². The zero-order valence-electron chi connectivity index (χ0n) is 14.3. The summed E-state index contributed by atoms with van der Waals surface area (Å²) in [5.41, 5.74) is 1.15. The number of nitrogens with one attached hydrogen (secondary N) is 1. The van der Waals surface area contributed by atoms with Gasteiger partial charge in [0, 0.05) is 17.6 Å². The summed E-state index contributed by atoms with van der Waals surface area (Å²) in [6.45, 7) is 3.23. The normalized spacial score (nSPS) is 11.2. The van der Waals surface area contributed by atoms with Crippen LogP contribution >= 0.6 is 0 Å². The second kappa shape index (κ2) is 7.56. The first kappa shape index (κ1) is 17.9. The van der Waals surface area contributed by atoms with Crippen molar-refractivity contribution in [2.24, 2.45) is 0 Å². The van der Waals surface area contributed by atoms with Gasteiger partial charge in [-0.25, -0.2) is 8.42 Å². The predicted octanol–water partition coefficient (Wildman–Crippen LogP) is 2.20. The molecule has 0 fully saturated rings. The quantitative estimate of drug-likeness (QED) is 0.691. The van der Waals surface area contributed by atoms with Crippen molar-refractivity contribution in [1.29, 1.82) is 0 Å². The Balaban J connectivity index is 1.54.